The first-order valence-electron chi connectivity index (χ1n) is 7.51. The van der Waals surface area contributed by atoms with E-state index in [4.69, 9.17) is 4.74 Å². The zero-order valence-electron chi connectivity index (χ0n) is 13.6. The zero-order chi connectivity index (χ0) is 16.8. The van der Waals surface area contributed by atoms with E-state index in [0.717, 1.165) is 5.56 Å². The SMILES string of the molecule is COC(=O)C(C)COC(=O)c1cccn1[C@H](C)c1ccccc1. The third-order valence-electron chi connectivity index (χ3n) is 3.76. The molecular weight excluding hydrogens is 294 g/mol. The first kappa shape index (κ1) is 16.8. The van der Waals surface area contributed by atoms with Gasteiger partial charge in [0.2, 0.25) is 0 Å². The van der Waals surface area contributed by atoms with Crippen molar-refractivity contribution in [3.63, 3.8) is 0 Å². The van der Waals surface area contributed by atoms with E-state index in [9.17, 15) is 9.59 Å². The predicted octanol–water partition coefficient (Wildman–Crippen LogP) is 3.06. The quantitative estimate of drug-likeness (QED) is 0.769. The molecule has 1 unspecified atom stereocenters. The van der Waals surface area contributed by atoms with Gasteiger partial charge in [-0.25, -0.2) is 4.79 Å². The summed E-state index contributed by atoms with van der Waals surface area (Å²) < 4.78 is 11.7. The zero-order valence-corrected chi connectivity index (χ0v) is 13.6. The van der Waals surface area contributed by atoms with Crippen LogP contribution in [0.15, 0.2) is 48.7 Å². The highest BCUT2D eigenvalue weighted by atomic mass is 16.5. The monoisotopic (exact) mass is 315 g/mol. The standard InChI is InChI=1S/C18H21NO4/c1-13(17(20)22-3)12-23-18(21)16-10-7-11-19(16)14(2)15-8-5-4-6-9-15/h4-11,13-14H,12H2,1-3H3/t13?,14-/m1/s1. The molecule has 0 N–H and O–H groups in total. The smallest absolute Gasteiger partial charge is 0.354 e. The van der Waals surface area contributed by atoms with Gasteiger partial charge in [0.25, 0.3) is 0 Å². The van der Waals surface area contributed by atoms with Gasteiger partial charge in [0, 0.05) is 6.20 Å². The topological polar surface area (TPSA) is 57.5 Å². The number of methoxy groups -OCH3 is 1. The number of benzene rings is 1. The Morgan fingerprint density at radius 1 is 1.09 bits per heavy atom. The number of aromatic nitrogens is 1. The van der Waals surface area contributed by atoms with Crippen LogP contribution in [0.1, 0.15) is 35.9 Å². The van der Waals surface area contributed by atoms with E-state index in [1.807, 2.05) is 48.0 Å². The van der Waals surface area contributed by atoms with Crippen molar-refractivity contribution in [2.24, 2.45) is 5.92 Å². The lowest BCUT2D eigenvalue weighted by Gasteiger charge is -2.18. The minimum Gasteiger partial charge on any atom is -0.469 e. The summed E-state index contributed by atoms with van der Waals surface area (Å²) in [5.74, 6) is -1.33. The summed E-state index contributed by atoms with van der Waals surface area (Å²) >= 11 is 0. The average Bonchev–Trinajstić information content (AvgIpc) is 3.08. The second-order valence-corrected chi connectivity index (χ2v) is 5.41. The number of carbonyl (C=O) groups is 2. The van der Waals surface area contributed by atoms with E-state index < -0.39 is 17.9 Å². The second-order valence-electron chi connectivity index (χ2n) is 5.41. The minimum atomic E-state index is -0.487. The molecule has 0 aliphatic heterocycles. The van der Waals surface area contributed by atoms with Crippen LogP contribution in [0.3, 0.4) is 0 Å². The van der Waals surface area contributed by atoms with Gasteiger partial charge in [-0.05, 0) is 31.5 Å². The lowest BCUT2D eigenvalue weighted by atomic mass is 10.1. The number of hydrogen-bond donors (Lipinski definition) is 0. The molecule has 122 valence electrons. The van der Waals surface area contributed by atoms with Crippen LogP contribution < -0.4 is 0 Å². The van der Waals surface area contributed by atoms with Gasteiger partial charge >= 0.3 is 11.9 Å². The fourth-order valence-corrected chi connectivity index (χ4v) is 2.34. The number of esters is 2. The van der Waals surface area contributed by atoms with Gasteiger partial charge in [0.05, 0.1) is 19.1 Å². The fourth-order valence-electron chi connectivity index (χ4n) is 2.34. The largest absolute Gasteiger partial charge is 0.469 e. The highest BCUT2D eigenvalue weighted by Gasteiger charge is 2.20. The maximum atomic E-state index is 12.3. The molecule has 23 heavy (non-hydrogen) atoms. The molecule has 1 aromatic carbocycles. The average molecular weight is 315 g/mol. The summed E-state index contributed by atoms with van der Waals surface area (Å²) in [4.78, 5) is 23.6. The van der Waals surface area contributed by atoms with Crippen LogP contribution in [0.25, 0.3) is 0 Å². The van der Waals surface area contributed by atoms with Gasteiger partial charge in [-0.15, -0.1) is 0 Å². The summed E-state index contributed by atoms with van der Waals surface area (Å²) in [6.07, 6.45) is 1.85. The van der Waals surface area contributed by atoms with Crippen molar-refractivity contribution in [3.8, 4) is 0 Å². The molecule has 2 atom stereocenters. The molecule has 0 bridgehead atoms. The van der Waals surface area contributed by atoms with Crippen molar-refractivity contribution in [3.05, 3.63) is 59.9 Å². The highest BCUT2D eigenvalue weighted by molar-refractivity contribution is 5.88. The van der Waals surface area contributed by atoms with Crippen LogP contribution in [0.5, 0.6) is 0 Å². The molecule has 0 amide bonds. The maximum absolute atomic E-state index is 12.3. The van der Waals surface area contributed by atoms with E-state index >= 15 is 0 Å². The molecule has 0 radical (unpaired) electrons. The lowest BCUT2D eigenvalue weighted by Crippen LogP contribution is -2.22. The first-order valence-corrected chi connectivity index (χ1v) is 7.51. The van der Waals surface area contributed by atoms with E-state index in [1.54, 1.807) is 19.1 Å². The number of nitrogens with zero attached hydrogens (tertiary/aromatic N) is 1. The first-order chi connectivity index (χ1) is 11.0. The molecule has 5 heteroatoms. The third-order valence-corrected chi connectivity index (χ3v) is 3.76. The Kier molecular flexibility index (Phi) is 5.57. The van der Waals surface area contributed by atoms with Gasteiger partial charge in [-0.2, -0.15) is 0 Å². The van der Waals surface area contributed by atoms with Crippen molar-refractivity contribution in [2.45, 2.75) is 19.9 Å². The van der Waals surface area contributed by atoms with Crippen LogP contribution in [-0.4, -0.2) is 30.2 Å². The van der Waals surface area contributed by atoms with Crippen molar-refractivity contribution in [1.82, 2.24) is 4.57 Å². The van der Waals surface area contributed by atoms with Crippen LogP contribution in [0.2, 0.25) is 0 Å². The van der Waals surface area contributed by atoms with Crippen molar-refractivity contribution < 1.29 is 19.1 Å². The molecule has 0 saturated carbocycles. The molecule has 0 spiro atoms. The molecule has 5 nitrogen and oxygen atoms in total. The number of hydrogen-bond acceptors (Lipinski definition) is 4. The van der Waals surface area contributed by atoms with Crippen molar-refractivity contribution in [2.75, 3.05) is 13.7 Å². The van der Waals surface area contributed by atoms with Gasteiger partial charge in [0.1, 0.15) is 12.3 Å². The van der Waals surface area contributed by atoms with E-state index in [-0.39, 0.29) is 12.6 Å². The second kappa shape index (κ2) is 7.63. The number of carbonyl (C=O) groups excluding carboxylic acids is 2. The molecular formula is C18H21NO4. The molecule has 2 aromatic rings. The van der Waals surface area contributed by atoms with Crippen LogP contribution in [-0.2, 0) is 14.3 Å². The van der Waals surface area contributed by atoms with Crippen LogP contribution in [0, 0.1) is 5.92 Å². The van der Waals surface area contributed by atoms with E-state index in [1.165, 1.54) is 7.11 Å². The van der Waals surface area contributed by atoms with Crippen molar-refractivity contribution in [1.29, 1.82) is 0 Å². The molecule has 1 heterocycles. The Bertz CT molecular complexity index is 663. The van der Waals surface area contributed by atoms with Gasteiger partial charge in [0.15, 0.2) is 0 Å². The molecule has 0 aliphatic rings. The molecule has 2 rings (SSSR count). The van der Waals surface area contributed by atoms with Crippen LogP contribution in [0.4, 0.5) is 0 Å². The minimum absolute atomic E-state index is 0.00357. The highest BCUT2D eigenvalue weighted by Crippen LogP contribution is 2.20. The van der Waals surface area contributed by atoms with Crippen LogP contribution >= 0.6 is 0 Å². The normalized spacial score (nSPS) is 13.2. The summed E-state index contributed by atoms with van der Waals surface area (Å²) in [7, 11) is 1.31. The summed E-state index contributed by atoms with van der Waals surface area (Å²) in [5, 5.41) is 0. The Labute approximate surface area is 135 Å². The van der Waals surface area contributed by atoms with E-state index in [0.29, 0.717) is 5.69 Å². The summed E-state index contributed by atoms with van der Waals surface area (Å²) in [5.41, 5.74) is 1.55. The fraction of sp³-hybridized carbons (Fsp3) is 0.333. The summed E-state index contributed by atoms with van der Waals surface area (Å²) in [6.45, 7) is 3.67. The molecule has 0 saturated heterocycles. The Morgan fingerprint density at radius 2 is 1.78 bits per heavy atom. The third kappa shape index (κ3) is 4.00. The van der Waals surface area contributed by atoms with Gasteiger partial charge in [-0.1, -0.05) is 30.3 Å². The lowest BCUT2D eigenvalue weighted by molar-refractivity contribution is -0.146. The molecule has 1 aromatic heterocycles. The molecule has 0 aliphatic carbocycles. The van der Waals surface area contributed by atoms with Gasteiger partial charge in [-0.3, -0.25) is 4.79 Å². The van der Waals surface area contributed by atoms with Gasteiger partial charge < -0.3 is 14.0 Å². The predicted molar refractivity (Wildman–Crippen MR) is 86.1 cm³/mol. The molecule has 0 fully saturated rings. The number of ether oxygens (including phenoxy) is 2. The summed E-state index contributed by atoms with van der Waals surface area (Å²) in [6, 6.07) is 13.4. The van der Waals surface area contributed by atoms with Crippen molar-refractivity contribution >= 4 is 11.9 Å². The van der Waals surface area contributed by atoms with E-state index in [2.05, 4.69) is 4.74 Å². The maximum Gasteiger partial charge on any atom is 0.354 e. The Morgan fingerprint density at radius 3 is 2.43 bits per heavy atom. The number of rotatable bonds is 6. The Balaban J connectivity index is 2.08. The Hall–Kier alpha value is -2.56.